The molecular formula is C17H19N3O2S. The molecule has 0 aliphatic carbocycles. The maximum absolute atomic E-state index is 11.5. The first-order chi connectivity index (χ1) is 10.8. The molecule has 0 aliphatic rings. The number of rotatable bonds is 2. The van der Waals surface area contributed by atoms with Gasteiger partial charge in [-0.2, -0.15) is 0 Å². The Morgan fingerprint density at radius 2 is 2.04 bits per heavy atom. The van der Waals surface area contributed by atoms with Gasteiger partial charge in [0.2, 0.25) is 0 Å². The number of anilines is 1. The van der Waals surface area contributed by atoms with Crippen LogP contribution in [0.2, 0.25) is 0 Å². The van der Waals surface area contributed by atoms with Crippen LogP contribution >= 0.6 is 11.3 Å². The number of hydrogen-bond donors (Lipinski definition) is 2. The Bertz CT molecular complexity index is 734. The van der Waals surface area contributed by atoms with Gasteiger partial charge in [0.1, 0.15) is 5.60 Å². The second-order valence-corrected chi connectivity index (χ2v) is 6.70. The molecule has 0 unspecified atom stereocenters. The van der Waals surface area contributed by atoms with Gasteiger partial charge in [-0.1, -0.05) is 24.0 Å². The van der Waals surface area contributed by atoms with Crippen LogP contribution in [0.5, 0.6) is 0 Å². The number of nitrogen functional groups attached to an aromatic ring is 1. The summed E-state index contributed by atoms with van der Waals surface area (Å²) in [4.78, 5) is 15.7. The van der Waals surface area contributed by atoms with Crippen molar-refractivity contribution in [3.63, 3.8) is 0 Å². The smallest absolute Gasteiger partial charge is 0.408 e. The van der Waals surface area contributed by atoms with Crippen LogP contribution in [0, 0.1) is 11.8 Å². The number of carbonyl (C=O) groups is 1. The summed E-state index contributed by atoms with van der Waals surface area (Å²) in [6.45, 7) is 5.68. The molecule has 0 radical (unpaired) electrons. The third-order valence-corrected chi connectivity index (χ3v) is 3.33. The lowest BCUT2D eigenvalue weighted by atomic mass is 10.1. The third kappa shape index (κ3) is 5.64. The second-order valence-electron chi connectivity index (χ2n) is 5.81. The summed E-state index contributed by atoms with van der Waals surface area (Å²) >= 11 is 1.41. The monoisotopic (exact) mass is 329 g/mol. The average molecular weight is 329 g/mol. The van der Waals surface area contributed by atoms with Crippen molar-refractivity contribution in [3.8, 4) is 23.1 Å². The Balaban J connectivity index is 1.88. The number of carbonyl (C=O) groups excluding carboxylic acids is 1. The van der Waals surface area contributed by atoms with E-state index < -0.39 is 11.7 Å². The number of nitrogens with one attached hydrogen (secondary N) is 1. The highest BCUT2D eigenvalue weighted by atomic mass is 32.1. The van der Waals surface area contributed by atoms with Crippen molar-refractivity contribution in [1.29, 1.82) is 0 Å². The molecule has 1 heterocycles. The molecule has 3 N–H and O–H groups in total. The number of amides is 1. The zero-order chi connectivity index (χ0) is 16.9. The van der Waals surface area contributed by atoms with Gasteiger partial charge in [-0.15, -0.1) is 11.3 Å². The minimum absolute atomic E-state index is 0.235. The molecule has 0 bridgehead atoms. The summed E-state index contributed by atoms with van der Waals surface area (Å²) in [6, 6.07) is 7.70. The third-order valence-electron chi connectivity index (χ3n) is 2.66. The highest BCUT2D eigenvalue weighted by Crippen LogP contribution is 2.23. The van der Waals surface area contributed by atoms with E-state index >= 15 is 0 Å². The summed E-state index contributed by atoms with van der Waals surface area (Å²) in [7, 11) is 0. The SMILES string of the molecule is CC(C)(C)OC(=O)NCC#Cc1ccc(-c2csc(N)n2)cc1. The highest BCUT2D eigenvalue weighted by Gasteiger charge is 2.14. The van der Waals surface area contributed by atoms with Crippen molar-refractivity contribution < 1.29 is 9.53 Å². The average Bonchev–Trinajstić information content (AvgIpc) is 2.89. The van der Waals surface area contributed by atoms with Crippen LogP contribution in [0.1, 0.15) is 26.3 Å². The largest absolute Gasteiger partial charge is 0.444 e. The lowest BCUT2D eigenvalue weighted by Gasteiger charge is -2.18. The van der Waals surface area contributed by atoms with Gasteiger partial charge in [0, 0.05) is 16.5 Å². The van der Waals surface area contributed by atoms with Gasteiger partial charge < -0.3 is 15.8 Å². The van der Waals surface area contributed by atoms with Crippen molar-refractivity contribution in [2.75, 3.05) is 12.3 Å². The van der Waals surface area contributed by atoms with Crippen LogP contribution in [-0.4, -0.2) is 23.2 Å². The summed E-state index contributed by atoms with van der Waals surface area (Å²) in [5.41, 5.74) is 7.84. The van der Waals surface area contributed by atoms with Gasteiger partial charge >= 0.3 is 6.09 Å². The standard InChI is InChI=1S/C17H19N3O2S/c1-17(2,3)22-16(21)19-10-4-5-12-6-8-13(9-7-12)14-11-23-15(18)20-14/h6-9,11H,10H2,1-3H3,(H2,18,20)(H,19,21). The van der Waals surface area contributed by atoms with Gasteiger partial charge in [-0.05, 0) is 32.9 Å². The first kappa shape index (κ1) is 16.8. The van der Waals surface area contributed by atoms with Crippen molar-refractivity contribution in [2.24, 2.45) is 0 Å². The molecule has 0 aliphatic heterocycles. The van der Waals surface area contributed by atoms with Crippen LogP contribution in [-0.2, 0) is 4.74 Å². The van der Waals surface area contributed by atoms with E-state index in [-0.39, 0.29) is 6.54 Å². The molecule has 23 heavy (non-hydrogen) atoms. The second kappa shape index (κ2) is 7.16. The van der Waals surface area contributed by atoms with E-state index in [1.807, 2.05) is 50.4 Å². The Kier molecular flexibility index (Phi) is 5.24. The highest BCUT2D eigenvalue weighted by molar-refractivity contribution is 7.13. The van der Waals surface area contributed by atoms with Crippen molar-refractivity contribution in [1.82, 2.24) is 10.3 Å². The molecule has 2 aromatic rings. The van der Waals surface area contributed by atoms with Crippen LogP contribution in [0.3, 0.4) is 0 Å². The minimum atomic E-state index is -0.508. The zero-order valence-electron chi connectivity index (χ0n) is 13.3. The Hall–Kier alpha value is -2.52. The summed E-state index contributed by atoms with van der Waals surface area (Å²) in [5, 5.41) is 5.06. The molecule has 1 aromatic carbocycles. The number of hydrogen-bond acceptors (Lipinski definition) is 5. The first-order valence-corrected chi connectivity index (χ1v) is 7.98. The zero-order valence-corrected chi connectivity index (χ0v) is 14.2. The fourth-order valence-corrected chi connectivity index (χ4v) is 2.29. The molecule has 120 valence electrons. The fourth-order valence-electron chi connectivity index (χ4n) is 1.72. The number of aromatic nitrogens is 1. The molecule has 5 nitrogen and oxygen atoms in total. The van der Waals surface area contributed by atoms with E-state index in [0.29, 0.717) is 5.13 Å². The van der Waals surface area contributed by atoms with Crippen LogP contribution in [0.4, 0.5) is 9.93 Å². The summed E-state index contributed by atoms with van der Waals surface area (Å²) in [5.74, 6) is 5.87. The predicted octanol–water partition coefficient (Wildman–Crippen LogP) is 3.27. The molecule has 0 atom stereocenters. The van der Waals surface area contributed by atoms with Crippen molar-refractivity contribution in [2.45, 2.75) is 26.4 Å². The lowest BCUT2D eigenvalue weighted by Crippen LogP contribution is -2.32. The fraction of sp³-hybridized carbons (Fsp3) is 0.294. The number of nitrogens with two attached hydrogens (primary N) is 1. The minimum Gasteiger partial charge on any atom is -0.444 e. The molecule has 0 fully saturated rings. The van der Waals surface area contributed by atoms with E-state index in [4.69, 9.17) is 10.5 Å². The molecule has 0 spiro atoms. The molecule has 0 saturated carbocycles. The number of thiazole rings is 1. The van der Waals surface area contributed by atoms with Gasteiger partial charge in [-0.3, -0.25) is 0 Å². The van der Waals surface area contributed by atoms with E-state index in [0.717, 1.165) is 16.8 Å². The van der Waals surface area contributed by atoms with Gasteiger partial charge in [0.15, 0.2) is 5.13 Å². The topological polar surface area (TPSA) is 77.2 Å². The Labute approximate surface area is 139 Å². The molecule has 0 saturated heterocycles. The van der Waals surface area contributed by atoms with E-state index in [2.05, 4.69) is 22.1 Å². The maximum atomic E-state index is 11.5. The molecule has 1 amide bonds. The molecule has 1 aromatic heterocycles. The molecular weight excluding hydrogens is 310 g/mol. The van der Waals surface area contributed by atoms with Crippen LogP contribution in [0.15, 0.2) is 29.6 Å². The Morgan fingerprint density at radius 3 is 2.61 bits per heavy atom. The number of ether oxygens (including phenoxy) is 1. The van der Waals surface area contributed by atoms with Crippen LogP contribution < -0.4 is 11.1 Å². The quantitative estimate of drug-likeness (QED) is 0.829. The van der Waals surface area contributed by atoms with Gasteiger partial charge in [0.05, 0.1) is 12.2 Å². The lowest BCUT2D eigenvalue weighted by molar-refractivity contribution is 0.0535. The Morgan fingerprint density at radius 1 is 1.35 bits per heavy atom. The van der Waals surface area contributed by atoms with E-state index in [1.165, 1.54) is 11.3 Å². The number of benzene rings is 1. The summed E-state index contributed by atoms with van der Waals surface area (Å²) < 4.78 is 5.12. The molecule has 2 rings (SSSR count). The number of alkyl carbamates (subject to hydrolysis) is 1. The first-order valence-electron chi connectivity index (χ1n) is 7.11. The van der Waals surface area contributed by atoms with Crippen molar-refractivity contribution >= 4 is 22.6 Å². The number of nitrogens with zero attached hydrogens (tertiary/aromatic N) is 1. The van der Waals surface area contributed by atoms with E-state index in [1.54, 1.807) is 0 Å². The van der Waals surface area contributed by atoms with Gasteiger partial charge in [0.25, 0.3) is 0 Å². The maximum Gasteiger partial charge on any atom is 0.408 e. The van der Waals surface area contributed by atoms with Crippen LogP contribution in [0.25, 0.3) is 11.3 Å². The van der Waals surface area contributed by atoms with E-state index in [9.17, 15) is 4.79 Å². The summed E-state index contributed by atoms with van der Waals surface area (Å²) in [6.07, 6.45) is -0.469. The predicted molar refractivity (Wildman–Crippen MR) is 93.1 cm³/mol. The molecule has 6 heteroatoms. The van der Waals surface area contributed by atoms with Gasteiger partial charge in [-0.25, -0.2) is 9.78 Å². The van der Waals surface area contributed by atoms with Crippen molar-refractivity contribution in [3.05, 3.63) is 35.2 Å². The normalized spacial score (nSPS) is 10.6.